The second-order valence-corrected chi connectivity index (χ2v) is 7.30. The number of ketones is 1. The first-order chi connectivity index (χ1) is 8.27. The van der Waals surface area contributed by atoms with Crippen LogP contribution in [0.4, 0.5) is 0 Å². The monoisotopic (exact) mass is 346 g/mol. The van der Waals surface area contributed by atoms with Gasteiger partial charge in [0.25, 0.3) is 0 Å². The SMILES string of the molecule is O=C(/C=C/c1cccc[c]1[BaH])c1ccccc1. The summed E-state index contributed by atoms with van der Waals surface area (Å²) in [6.07, 6.45) is 3.58. The van der Waals surface area contributed by atoms with Crippen LogP contribution >= 0.6 is 0 Å². The van der Waals surface area contributed by atoms with Crippen LogP contribution < -0.4 is 0.0314 Å². The van der Waals surface area contributed by atoms with Gasteiger partial charge in [0.15, 0.2) is 0 Å². The molecule has 2 aromatic rings. The summed E-state index contributed by atoms with van der Waals surface area (Å²) in [4.78, 5) is 11.9. The van der Waals surface area contributed by atoms with Crippen molar-refractivity contribution in [2.45, 2.75) is 0 Å². The van der Waals surface area contributed by atoms with Gasteiger partial charge in [-0.25, -0.2) is 0 Å². The van der Waals surface area contributed by atoms with E-state index < -0.39 is 0 Å². The molecule has 2 rings (SSSR count). The molecule has 0 atom stereocenters. The molecule has 0 N–H and O–H groups in total. The van der Waals surface area contributed by atoms with Crippen LogP contribution in [0.5, 0.6) is 0 Å². The van der Waals surface area contributed by atoms with Crippen molar-refractivity contribution >= 4 is 58.4 Å². The maximum absolute atomic E-state index is 11.9. The minimum atomic E-state index is 0.0607. The van der Waals surface area contributed by atoms with E-state index >= 15 is 0 Å². The number of hydrogen-bond acceptors (Lipinski definition) is 1. The van der Waals surface area contributed by atoms with Gasteiger partial charge in [-0.15, -0.1) is 0 Å². The van der Waals surface area contributed by atoms with Gasteiger partial charge in [0.1, 0.15) is 0 Å². The van der Waals surface area contributed by atoms with E-state index in [4.69, 9.17) is 0 Å². The van der Waals surface area contributed by atoms with Gasteiger partial charge in [0, 0.05) is 0 Å². The van der Waals surface area contributed by atoms with Crippen LogP contribution in [0.3, 0.4) is 0 Å². The van der Waals surface area contributed by atoms with Crippen LogP contribution in [0.25, 0.3) is 6.08 Å². The Balaban J connectivity index is 2.17. The normalized spacial score (nSPS) is 10.5. The molecule has 1 nitrogen and oxygen atoms in total. The second kappa shape index (κ2) is 6.38. The molecular weight excluding hydrogens is 333 g/mol. The summed E-state index contributed by atoms with van der Waals surface area (Å²) in [5.41, 5.74) is 1.92. The summed E-state index contributed by atoms with van der Waals surface area (Å²) in [5, 5.41) is 0. The van der Waals surface area contributed by atoms with Gasteiger partial charge in [0.05, 0.1) is 0 Å². The van der Waals surface area contributed by atoms with Crippen molar-refractivity contribution in [2.24, 2.45) is 0 Å². The summed E-state index contributed by atoms with van der Waals surface area (Å²) in [7, 11) is 0. The van der Waals surface area contributed by atoms with Crippen LogP contribution in [-0.4, -0.2) is 52.3 Å². The van der Waals surface area contributed by atoms with E-state index in [0.29, 0.717) is 46.5 Å². The Labute approximate surface area is 133 Å². The van der Waals surface area contributed by atoms with Crippen molar-refractivity contribution in [1.82, 2.24) is 0 Å². The first-order valence-electron chi connectivity index (χ1n) is 5.60. The molecule has 80 valence electrons. The van der Waals surface area contributed by atoms with Gasteiger partial charge >= 0.3 is 135 Å². The van der Waals surface area contributed by atoms with E-state index in [1.165, 1.54) is 5.59 Å². The average Bonchev–Trinajstić information content (AvgIpc) is 2.38. The van der Waals surface area contributed by atoms with Crippen LogP contribution in [0, 0.1) is 0 Å². The third kappa shape index (κ3) is 3.69. The van der Waals surface area contributed by atoms with E-state index in [2.05, 4.69) is 12.1 Å². The van der Waals surface area contributed by atoms with Crippen molar-refractivity contribution in [3.8, 4) is 0 Å². The Morgan fingerprint density at radius 3 is 2.29 bits per heavy atom. The van der Waals surface area contributed by atoms with Crippen molar-refractivity contribution in [1.29, 1.82) is 0 Å². The quantitative estimate of drug-likeness (QED) is 0.473. The van der Waals surface area contributed by atoms with Gasteiger partial charge in [-0.2, -0.15) is 0 Å². The molecule has 17 heavy (non-hydrogen) atoms. The Kier molecular flexibility index (Phi) is 4.83. The number of allylic oxidation sites excluding steroid dienone is 1. The van der Waals surface area contributed by atoms with Crippen LogP contribution in [0.15, 0.2) is 60.7 Å². The third-order valence-corrected chi connectivity index (χ3v) is 5.52. The van der Waals surface area contributed by atoms with Crippen molar-refractivity contribution in [3.63, 3.8) is 0 Å². The Morgan fingerprint density at radius 2 is 1.59 bits per heavy atom. The molecule has 2 aromatic carbocycles. The molecule has 0 saturated carbocycles. The molecule has 0 aliphatic heterocycles. The Bertz CT molecular complexity index is 544. The van der Waals surface area contributed by atoms with E-state index in [9.17, 15) is 4.79 Å². The number of hydrogen-bond donors (Lipinski definition) is 0. The molecule has 0 radical (unpaired) electrons. The standard InChI is InChI=1S/C15H11O.Ba.H/c16-15(14-9-5-2-6-10-14)12-11-13-7-3-1-4-8-13;;/h1-7,9-12H;;/b12-11+;;. The van der Waals surface area contributed by atoms with E-state index in [0.717, 1.165) is 5.56 Å². The van der Waals surface area contributed by atoms with Gasteiger partial charge in [0.2, 0.25) is 0 Å². The molecule has 0 aliphatic carbocycles. The van der Waals surface area contributed by atoms with Crippen LogP contribution in [0.1, 0.15) is 15.9 Å². The second-order valence-electron chi connectivity index (χ2n) is 3.92. The summed E-state index contributed by atoms with van der Waals surface area (Å²) >= 11 is 0.368. The van der Waals surface area contributed by atoms with Crippen molar-refractivity contribution < 1.29 is 4.79 Å². The average molecular weight is 346 g/mol. The third-order valence-electron chi connectivity index (χ3n) is 2.66. The maximum atomic E-state index is 11.9. The molecule has 0 heterocycles. The molecule has 0 bridgehead atoms. The molecule has 0 aromatic heterocycles. The zero-order chi connectivity index (χ0) is 12.1. The Morgan fingerprint density at radius 1 is 0.941 bits per heavy atom. The van der Waals surface area contributed by atoms with Gasteiger partial charge in [-0.05, 0) is 0 Å². The topological polar surface area (TPSA) is 17.1 Å². The molecule has 0 spiro atoms. The van der Waals surface area contributed by atoms with Crippen LogP contribution in [0.2, 0.25) is 0 Å². The van der Waals surface area contributed by atoms with Gasteiger partial charge in [-0.3, -0.25) is 0 Å². The zero-order valence-electron chi connectivity index (χ0n) is 9.76. The summed E-state index contributed by atoms with van der Waals surface area (Å²) in [6.45, 7) is 0. The molecule has 2 heteroatoms. The summed E-state index contributed by atoms with van der Waals surface area (Å²) in [5.74, 6) is 0.0607. The van der Waals surface area contributed by atoms with Crippen molar-refractivity contribution in [2.75, 3.05) is 0 Å². The Hall–Kier alpha value is -0.579. The zero-order valence-corrected chi connectivity index (χ0v) is 16.0. The van der Waals surface area contributed by atoms with Crippen molar-refractivity contribution in [3.05, 3.63) is 71.8 Å². The van der Waals surface area contributed by atoms with E-state index in [1.54, 1.807) is 6.08 Å². The molecule has 0 unspecified atom stereocenters. The number of rotatable bonds is 3. The van der Waals surface area contributed by atoms with Gasteiger partial charge < -0.3 is 0 Å². The first-order valence-corrected chi connectivity index (χ1v) is 8.74. The minimum absolute atomic E-state index is 0.0607. The van der Waals surface area contributed by atoms with Crippen LogP contribution in [-0.2, 0) is 0 Å². The number of carbonyl (C=O) groups is 1. The summed E-state index contributed by atoms with van der Waals surface area (Å²) < 4.78 is 1.39. The number of benzene rings is 2. The van der Waals surface area contributed by atoms with Gasteiger partial charge in [-0.1, -0.05) is 0 Å². The number of carbonyl (C=O) groups excluding carboxylic acids is 1. The molecule has 0 saturated heterocycles. The fourth-order valence-corrected chi connectivity index (χ4v) is 3.29. The molecule has 0 fully saturated rings. The summed E-state index contributed by atoms with van der Waals surface area (Å²) in [6, 6.07) is 17.6. The molecular formula is C15H12BaO. The predicted octanol–water partition coefficient (Wildman–Crippen LogP) is 2.11. The predicted molar refractivity (Wildman–Crippen MR) is 73.0 cm³/mol. The first kappa shape index (κ1) is 12.9. The fraction of sp³-hybridized carbons (Fsp3) is 0. The van der Waals surface area contributed by atoms with E-state index in [-0.39, 0.29) is 5.78 Å². The molecule has 0 aliphatic rings. The molecule has 0 amide bonds. The fourth-order valence-electron chi connectivity index (χ4n) is 1.64. The van der Waals surface area contributed by atoms with E-state index in [1.807, 2.05) is 48.5 Å².